The summed E-state index contributed by atoms with van der Waals surface area (Å²) in [7, 11) is 0. The summed E-state index contributed by atoms with van der Waals surface area (Å²) in [4.78, 5) is 0.925. The molecule has 0 radical (unpaired) electrons. The van der Waals surface area contributed by atoms with Gasteiger partial charge in [-0.2, -0.15) is 0 Å². The third kappa shape index (κ3) is 2.68. The van der Waals surface area contributed by atoms with Crippen LogP contribution in [0.4, 0.5) is 10.1 Å². The van der Waals surface area contributed by atoms with E-state index in [9.17, 15) is 4.39 Å². The number of nitrogen functional groups attached to an aromatic ring is 1. The molecular formula is C12H17FN2S. The van der Waals surface area contributed by atoms with Crippen molar-refractivity contribution in [2.45, 2.75) is 41.9 Å². The Bertz CT molecular complexity index is 370. The second-order valence-electron chi connectivity index (χ2n) is 4.29. The molecule has 0 bridgehead atoms. The lowest BCUT2D eigenvalue weighted by atomic mass is 9.96. The first-order valence-corrected chi connectivity index (χ1v) is 6.52. The molecule has 1 aliphatic rings. The molecule has 0 saturated heterocycles. The van der Waals surface area contributed by atoms with Crippen LogP contribution in [-0.4, -0.2) is 11.3 Å². The highest BCUT2D eigenvalue weighted by atomic mass is 32.2. The standard InChI is InChI=1S/C12H17FN2S/c13-9-7-8(5-6-10(9)14)16-12-4-2-1-3-11(12)15/h5-7,11-12H,1-4,14-15H2. The van der Waals surface area contributed by atoms with Crippen molar-refractivity contribution in [3.8, 4) is 0 Å². The normalized spacial score (nSPS) is 25.6. The average molecular weight is 240 g/mol. The molecule has 1 saturated carbocycles. The van der Waals surface area contributed by atoms with E-state index in [2.05, 4.69) is 0 Å². The molecule has 1 aromatic carbocycles. The van der Waals surface area contributed by atoms with Crippen LogP contribution < -0.4 is 11.5 Å². The number of anilines is 1. The fourth-order valence-electron chi connectivity index (χ4n) is 2.03. The first-order valence-electron chi connectivity index (χ1n) is 5.64. The van der Waals surface area contributed by atoms with E-state index < -0.39 is 0 Å². The molecule has 2 rings (SSSR count). The van der Waals surface area contributed by atoms with Crippen molar-refractivity contribution in [2.75, 3.05) is 5.73 Å². The summed E-state index contributed by atoms with van der Waals surface area (Å²) < 4.78 is 13.3. The van der Waals surface area contributed by atoms with Gasteiger partial charge in [-0.3, -0.25) is 0 Å². The Morgan fingerprint density at radius 3 is 2.69 bits per heavy atom. The Morgan fingerprint density at radius 1 is 1.25 bits per heavy atom. The van der Waals surface area contributed by atoms with Gasteiger partial charge in [0.2, 0.25) is 0 Å². The molecule has 1 aliphatic carbocycles. The zero-order valence-corrected chi connectivity index (χ0v) is 9.97. The molecule has 1 fully saturated rings. The average Bonchev–Trinajstić information content (AvgIpc) is 2.27. The van der Waals surface area contributed by atoms with E-state index in [1.165, 1.54) is 18.9 Å². The summed E-state index contributed by atoms with van der Waals surface area (Å²) in [5, 5.41) is 0.414. The topological polar surface area (TPSA) is 52.0 Å². The number of thioether (sulfide) groups is 1. The van der Waals surface area contributed by atoms with Gasteiger partial charge in [-0.1, -0.05) is 12.8 Å². The summed E-state index contributed by atoms with van der Waals surface area (Å²) in [6.07, 6.45) is 4.64. The molecule has 4 heteroatoms. The van der Waals surface area contributed by atoms with E-state index in [0.29, 0.717) is 5.25 Å². The van der Waals surface area contributed by atoms with Crippen LogP contribution in [0.2, 0.25) is 0 Å². The van der Waals surface area contributed by atoms with Gasteiger partial charge in [0.05, 0.1) is 5.69 Å². The Hall–Kier alpha value is -0.740. The van der Waals surface area contributed by atoms with Crippen LogP contribution in [0, 0.1) is 5.82 Å². The zero-order valence-electron chi connectivity index (χ0n) is 9.16. The highest BCUT2D eigenvalue weighted by molar-refractivity contribution is 8.00. The lowest BCUT2D eigenvalue weighted by Crippen LogP contribution is -2.35. The van der Waals surface area contributed by atoms with Crippen LogP contribution in [-0.2, 0) is 0 Å². The second-order valence-corrected chi connectivity index (χ2v) is 5.60. The first-order chi connectivity index (χ1) is 7.66. The molecule has 2 nitrogen and oxygen atoms in total. The largest absolute Gasteiger partial charge is 0.396 e. The summed E-state index contributed by atoms with van der Waals surface area (Å²) in [5.74, 6) is -0.339. The second kappa shape index (κ2) is 5.06. The van der Waals surface area contributed by atoms with Crippen LogP contribution >= 0.6 is 11.8 Å². The van der Waals surface area contributed by atoms with Crippen molar-refractivity contribution in [1.82, 2.24) is 0 Å². The lowest BCUT2D eigenvalue weighted by molar-refractivity contribution is 0.453. The van der Waals surface area contributed by atoms with Gasteiger partial charge in [-0.05, 0) is 31.0 Å². The molecule has 16 heavy (non-hydrogen) atoms. The summed E-state index contributed by atoms with van der Waals surface area (Å²) in [5.41, 5.74) is 11.7. The number of hydrogen-bond acceptors (Lipinski definition) is 3. The highest BCUT2D eigenvalue weighted by Crippen LogP contribution is 2.33. The molecule has 2 unspecified atom stereocenters. The SMILES string of the molecule is Nc1ccc(SC2CCCCC2N)cc1F. The molecular weight excluding hydrogens is 223 g/mol. The van der Waals surface area contributed by atoms with Crippen LogP contribution in [0.5, 0.6) is 0 Å². The first kappa shape index (κ1) is 11.7. The van der Waals surface area contributed by atoms with Crippen molar-refractivity contribution in [3.05, 3.63) is 24.0 Å². The van der Waals surface area contributed by atoms with E-state index in [0.717, 1.165) is 17.7 Å². The Labute approximate surface area is 99.6 Å². The van der Waals surface area contributed by atoms with Crippen molar-refractivity contribution in [2.24, 2.45) is 5.73 Å². The third-order valence-corrected chi connectivity index (χ3v) is 4.43. The van der Waals surface area contributed by atoms with E-state index in [1.54, 1.807) is 17.8 Å². The Morgan fingerprint density at radius 2 is 2.00 bits per heavy atom. The minimum Gasteiger partial charge on any atom is -0.396 e. The van der Waals surface area contributed by atoms with Gasteiger partial charge in [-0.15, -0.1) is 11.8 Å². The molecule has 2 atom stereocenters. The van der Waals surface area contributed by atoms with Crippen molar-refractivity contribution >= 4 is 17.4 Å². The summed E-state index contributed by atoms with van der Waals surface area (Å²) >= 11 is 1.67. The molecule has 88 valence electrons. The van der Waals surface area contributed by atoms with E-state index in [-0.39, 0.29) is 17.5 Å². The number of hydrogen-bond donors (Lipinski definition) is 2. The van der Waals surface area contributed by atoms with E-state index in [1.807, 2.05) is 6.07 Å². The Balaban J connectivity index is 2.05. The van der Waals surface area contributed by atoms with Crippen molar-refractivity contribution < 1.29 is 4.39 Å². The van der Waals surface area contributed by atoms with E-state index in [4.69, 9.17) is 11.5 Å². The fourth-order valence-corrected chi connectivity index (χ4v) is 3.29. The molecule has 0 spiro atoms. The van der Waals surface area contributed by atoms with E-state index >= 15 is 0 Å². The maximum Gasteiger partial charge on any atom is 0.147 e. The van der Waals surface area contributed by atoms with Crippen LogP contribution in [0.25, 0.3) is 0 Å². The smallest absolute Gasteiger partial charge is 0.147 e. The predicted molar refractivity (Wildman–Crippen MR) is 66.9 cm³/mol. The van der Waals surface area contributed by atoms with Crippen molar-refractivity contribution in [3.63, 3.8) is 0 Å². The molecule has 0 amide bonds. The number of benzene rings is 1. The van der Waals surface area contributed by atoms with Crippen LogP contribution in [0.1, 0.15) is 25.7 Å². The minimum atomic E-state index is -0.339. The fraction of sp³-hybridized carbons (Fsp3) is 0.500. The quantitative estimate of drug-likeness (QED) is 0.782. The maximum atomic E-state index is 13.3. The van der Waals surface area contributed by atoms with Gasteiger partial charge in [0.1, 0.15) is 5.82 Å². The third-order valence-electron chi connectivity index (χ3n) is 3.01. The van der Waals surface area contributed by atoms with Gasteiger partial charge in [-0.25, -0.2) is 4.39 Å². The molecule has 0 heterocycles. The van der Waals surface area contributed by atoms with Crippen LogP contribution in [0.15, 0.2) is 23.1 Å². The Kier molecular flexibility index (Phi) is 3.71. The maximum absolute atomic E-state index is 13.3. The summed E-state index contributed by atoms with van der Waals surface area (Å²) in [6, 6.07) is 5.22. The van der Waals surface area contributed by atoms with Gasteiger partial charge in [0.25, 0.3) is 0 Å². The lowest BCUT2D eigenvalue weighted by Gasteiger charge is -2.27. The zero-order chi connectivity index (χ0) is 11.5. The van der Waals surface area contributed by atoms with Gasteiger partial charge in [0.15, 0.2) is 0 Å². The highest BCUT2D eigenvalue weighted by Gasteiger charge is 2.22. The molecule has 0 aromatic heterocycles. The number of nitrogens with two attached hydrogens (primary N) is 2. The number of rotatable bonds is 2. The molecule has 0 aliphatic heterocycles. The molecule has 4 N–H and O–H groups in total. The monoisotopic (exact) mass is 240 g/mol. The van der Waals surface area contributed by atoms with Crippen molar-refractivity contribution in [1.29, 1.82) is 0 Å². The van der Waals surface area contributed by atoms with Gasteiger partial charge >= 0.3 is 0 Å². The predicted octanol–water partition coefficient (Wildman–Crippen LogP) is 2.77. The molecule has 1 aromatic rings. The van der Waals surface area contributed by atoms with Gasteiger partial charge in [0, 0.05) is 16.2 Å². The van der Waals surface area contributed by atoms with Crippen LogP contribution in [0.3, 0.4) is 0 Å². The summed E-state index contributed by atoms with van der Waals surface area (Å²) in [6.45, 7) is 0. The minimum absolute atomic E-state index is 0.206. The number of halogens is 1. The van der Waals surface area contributed by atoms with Gasteiger partial charge < -0.3 is 11.5 Å².